The summed E-state index contributed by atoms with van der Waals surface area (Å²) in [4.78, 5) is 21.7. The van der Waals surface area contributed by atoms with Crippen molar-refractivity contribution in [2.75, 3.05) is 5.32 Å². The third-order valence-electron chi connectivity index (χ3n) is 4.30. The van der Waals surface area contributed by atoms with E-state index in [0.29, 0.717) is 16.5 Å². The van der Waals surface area contributed by atoms with E-state index in [1.165, 1.54) is 16.9 Å². The molecule has 4 aromatic rings. The second-order valence-corrected chi connectivity index (χ2v) is 6.88. The standard InChI is InChI=1S/C20H18N4OS/c1-3-14-7-9-15(10-8-14)16-12-26-20(22-16)23-19(25)18-13(2)21-17-6-4-5-11-24(17)18/h4-12H,3H2,1-2H3,(H,22,23,25). The van der Waals surface area contributed by atoms with Crippen molar-refractivity contribution < 1.29 is 4.79 Å². The Morgan fingerprint density at radius 3 is 2.73 bits per heavy atom. The Morgan fingerprint density at radius 2 is 1.96 bits per heavy atom. The molecule has 3 heterocycles. The van der Waals surface area contributed by atoms with Crippen LogP contribution in [0.5, 0.6) is 0 Å². The number of hydrogen-bond acceptors (Lipinski definition) is 4. The smallest absolute Gasteiger partial charge is 0.276 e. The molecule has 4 rings (SSSR count). The van der Waals surface area contributed by atoms with Gasteiger partial charge in [0.2, 0.25) is 0 Å². The van der Waals surface area contributed by atoms with E-state index in [1.54, 1.807) is 4.40 Å². The number of thiazole rings is 1. The van der Waals surface area contributed by atoms with Gasteiger partial charge in [0.25, 0.3) is 5.91 Å². The molecule has 5 nitrogen and oxygen atoms in total. The predicted octanol–water partition coefficient (Wildman–Crippen LogP) is 4.58. The molecule has 1 amide bonds. The van der Waals surface area contributed by atoms with Gasteiger partial charge < -0.3 is 0 Å². The second-order valence-electron chi connectivity index (χ2n) is 6.02. The quantitative estimate of drug-likeness (QED) is 0.578. The fraction of sp³-hybridized carbons (Fsp3) is 0.150. The third kappa shape index (κ3) is 2.99. The molecule has 0 saturated carbocycles. The largest absolute Gasteiger partial charge is 0.296 e. The normalized spacial score (nSPS) is 11.0. The van der Waals surface area contributed by atoms with Gasteiger partial charge in [-0.1, -0.05) is 37.3 Å². The maximum atomic E-state index is 12.7. The summed E-state index contributed by atoms with van der Waals surface area (Å²) in [6.07, 6.45) is 2.85. The summed E-state index contributed by atoms with van der Waals surface area (Å²) >= 11 is 1.42. The first-order valence-electron chi connectivity index (χ1n) is 8.45. The lowest BCUT2D eigenvalue weighted by atomic mass is 10.1. The molecule has 0 aliphatic carbocycles. The summed E-state index contributed by atoms with van der Waals surface area (Å²) in [5.74, 6) is -0.205. The summed E-state index contributed by atoms with van der Waals surface area (Å²) in [6.45, 7) is 3.97. The van der Waals surface area contributed by atoms with Crippen LogP contribution >= 0.6 is 11.3 Å². The van der Waals surface area contributed by atoms with Gasteiger partial charge in [-0.2, -0.15) is 0 Å². The van der Waals surface area contributed by atoms with Crippen molar-refractivity contribution in [2.24, 2.45) is 0 Å². The number of carbonyl (C=O) groups excluding carboxylic acids is 1. The van der Waals surface area contributed by atoms with Gasteiger partial charge in [-0.05, 0) is 31.0 Å². The van der Waals surface area contributed by atoms with E-state index in [0.717, 1.165) is 23.3 Å². The number of carbonyl (C=O) groups is 1. The number of hydrogen-bond donors (Lipinski definition) is 1. The van der Waals surface area contributed by atoms with Crippen molar-refractivity contribution in [2.45, 2.75) is 20.3 Å². The predicted molar refractivity (Wildman–Crippen MR) is 105 cm³/mol. The molecule has 0 atom stereocenters. The SMILES string of the molecule is CCc1ccc(-c2csc(NC(=O)c3c(C)nc4ccccn34)n2)cc1. The maximum Gasteiger partial charge on any atom is 0.276 e. The highest BCUT2D eigenvalue weighted by molar-refractivity contribution is 7.14. The lowest BCUT2D eigenvalue weighted by molar-refractivity contribution is 0.102. The molecule has 0 unspecified atom stereocenters. The lowest BCUT2D eigenvalue weighted by Crippen LogP contribution is -2.15. The zero-order chi connectivity index (χ0) is 18.1. The van der Waals surface area contributed by atoms with Crippen LogP contribution in [0.1, 0.15) is 28.7 Å². The van der Waals surface area contributed by atoms with Crippen LogP contribution in [0.3, 0.4) is 0 Å². The third-order valence-corrected chi connectivity index (χ3v) is 5.06. The number of benzene rings is 1. The number of anilines is 1. The van der Waals surface area contributed by atoms with Gasteiger partial charge in [0.1, 0.15) is 11.3 Å². The number of nitrogens with zero attached hydrogens (tertiary/aromatic N) is 3. The van der Waals surface area contributed by atoms with Crippen molar-refractivity contribution in [1.29, 1.82) is 0 Å². The minimum absolute atomic E-state index is 0.205. The monoisotopic (exact) mass is 362 g/mol. The van der Waals surface area contributed by atoms with Crippen molar-refractivity contribution in [3.8, 4) is 11.3 Å². The minimum Gasteiger partial charge on any atom is -0.296 e. The van der Waals surface area contributed by atoms with E-state index in [4.69, 9.17) is 0 Å². The topological polar surface area (TPSA) is 59.3 Å². The Morgan fingerprint density at radius 1 is 1.15 bits per heavy atom. The molecule has 1 aromatic carbocycles. The van der Waals surface area contributed by atoms with Crippen LogP contribution < -0.4 is 5.32 Å². The number of amides is 1. The van der Waals surface area contributed by atoms with Crippen molar-refractivity contribution in [1.82, 2.24) is 14.4 Å². The first-order chi connectivity index (χ1) is 12.7. The molecular weight excluding hydrogens is 344 g/mol. The van der Waals surface area contributed by atoms with Crippen LogP contribution in [0, 0.1) is 6.92 Å². The Hall–Kier alpha value is -2.99. The van der Waals surface area contributed by atoms with E-state index in [2.05, 4.69) is 46.5 Å². The fourth-order valence-electron chi connectivity index (χ4n) is 2.92. The minimum atomic E-state index is -0.205. The van der Waals surface area contributed by atoms with E-state index >= 15 is 0 Å². The molecule has 130 valence electrons. The highest BCUT2D eigenvalue weighted by Crippen LogP contribution is 2.26. The van der Waals surface area contributed by atoms with E-state index in [9.17, 15) is 4.79 Å². The van der Waals surface area contributed by atoms with Gasteiger partial charge in [-0.15, -0.1) is 11.3 Å². The Balaban J connectivity index is 1.58. The first kappa shape index (κ1) is 16.5. The number of pyridine rings is 1. The molecular formula is C20H18N4OS. The van der Waals surface area contributed by atoms with Gasteiger partial charge in [-0.3, -0.25) is 14.5 Å². The van der Waals surface area contributed by atoms with Crippen LogP contribution in [-0.4, -0.2) is 20.3 Å². The molecule has 0 bridgehead atoms. The van der Waals surface area contributed by atoms with Gasteiger partial charge in [0.15, 0.2) is 5.13 Å². The number of aryl methyl sites for hydroxylation is 2. The second kappa shape index (κ2) is 6.72. The highest BCUT2D eigenvalue weighted by atomic mass is 32.1. The number of rotatable bonds is 4. The van der Waals surface area contributed by atoms with E-state index in [-0.39, 0.29) is 5.91 Å². The molecule has 0 fully saturated rings. The Kier molecular flexibility index (Phi) is 4.26. The fourth-order valence-corrected chi connectivity index (χ4v) is 3.63. The first-order valence-corrected chi connectivity index (χ1v) is 9.33. The molecule has 6 heteroatoms. The summed E-state index contributed by atoms with van der Waals surface area (Å²) < 4.78 is 1.79. The number of imidazole rings is 1. The molecule has 0 radical (unpaired) electrons. The molecule has 0 saturated heterocycles. The van der Waals surface area contributed by atoms with Gasteiger partial charge >= 0.3 is 0 Å². The van der Waals surface area contributed by atoms with Gasteiger partial charge in [0, 0.05) is 17.1 Å². The average molecular weight is 362 g/mol. The van der Waals surface area contributed by atoms with Crippen molar-refractivity contribution >= 4 is 28.0 Å². The van der Waals surface area contributed by atoms with Crippen LogP contribution in [-0.2, 0) is 6.42 Å². The molecule has 1 N–H and O–H groups in total. The zero-order valence-corrected chi connectivity index (χ0v) is 15.4. The number of nitrogens with one attached hydrogen (secondary N) is 1. The Bertz CT molecular complexity index is 1080. The van der Waals surface area contributed by atoms with Crippen molar-refractivity contribution in [3.63, 3.8) is 0 Å². The number of aromatic nitrogens is 3. The molecule has 26 heavy (non-hydrogen) atoms. The maximum absolute atomic E-state index is 12.7. The Labute approximate surface area is 155 Å². The summed E-state index contributed by atoms with van der Waals surface area (Å²) in [5.41, 5.74) is 5.18. The lowest BCUT2D eigenvalue weighted by Gasteiger charge is -2.03. The summed E-state index contributed by atoms with van der Waals surface area (Å²) in [7, 11) is 0. The van der Waals surface area contributed by atoms with Crippen LogP contribution in [0.2, 0.25) is 0 Å². The van der Waals surface area contributed by atoms with Crippen LogP contribution in [0.15, 0.2) is 54.0 Å². The summed E-state index contributed by atoms with van der Waals surface area (Å²) in [6, 6.07) is 14.0. The summed E-state index contributed by atoms with van der Waals surface area (Å²) in [5, 5.41) is 5.43. The molecule has 0 spiro atoms. The van der Waals surface area contributed by atoms with Gasteiger partial charge in [0.05, 0.1) is 11.4 Å². The van der Waals surface area contributed by atoms with E-state index in [1.807, 2.05) is 36.7 Å². The molecule has 0 aliphatic rings. The highest BCUT2D eigenvalue weighted by Gasteiger charge is 2.17. The number of fused-ring (bicyclic) bond motifs is 1. The van der Waals surface area contributed by atoms with Crippen molar-refractivity contribution in [3.05, 3.63) is 71.0 Å². The van der Waals surface area contributed by atoms with Crippen LogP contribution in [0.25, 0.3) is 16.9 Å². The molecule has 0 aliphatic heterocycles. The van der Waals surface area contributed by atoms with E-state index < -0.39 is 0 Å². The average Bonchev–Trinajstić information content (AvgIpc) is 3.25. The molecule has 3 aromatic heterocycles. The van der Waals surface area contributed by atoms with Gasteiger partial charge in [-0.25, -0.2) is 9.97 Å². The van der Waals surface area contributed by atoms with Crippen LogP contribution in [0.4, 0.5) is 5.13 Å². The zero-order valence-electron chi connectivity index (χ0n) is 14.6.